The van der Waals surface area contributed by atoms with Gasteiger partial charge >= 0.3 is 0 Å². The molecule has 162 valence electrons. The van der Waals surface area contributed by atoms with Gasteiger partial charge in [0.15, 0.2) is 0 Å². The predicted molar refractivity (Wildman–Crippen MR) is 122 cm³/mol. The summed E-state index contributed by atoms with van der Waals surface area (Å²) in [5.41, 5.74) is 3.28. The van der Waals surface area contributed by atoms with Gasteiger partial charge in [0, 0.05) is 11.4 Å². The third-order valence-electron chi connectivity index (χ3n) is 5.61. The van der Waals surface area contributed by atoms with Crippen molar-refractivity contribution in [1.82, 2.24) is 10.2 Å². The Morgan fingerprint density at radius 2 is 1.87 bits per heavy atom. The normalized spacial score (nSPS) is 17.7. The van der Waals surface area contributed by atoms with Crippen LogP contribution in [0.2, 0.25) is 0 Å². The Bertz CT molecular complexity index is 1160. The van der Waals surface area contributed by atoms with Crippen molar-refractivity contribution in [3.05, 3.63) is 87.6 Å². The fourth-order valence-electron chi connectivity index (χ4n) is 4.07. The zero-order chi connectivity index (χ0) is 22.0. The molecule has 3 N–H and O–H groups in total. The fourth-order valence-corrected chi connectivity index (χ4v) is 5.48. The first-order chi connectivity index (χ1) is 14.8. The first kappa shape index (κ1) is 21.7. The smallest absolute Gasteiger partial charge is 0.238 e. The summed E-state index contributed by atoms with van der Waals surface area (Å²) in [6.45, 7) is 2.98. The summed E-state index contributed by atoms with van der Waals surface area (Å²) < 4.78 is 22.9. The number of amides is 1. The molecule has 31 heavy (non-hydrogen) atoms. The number of fused-ring (bicyclic) bond motifs is 1. The number of sulfonamides is 1. The Balaban J connectivity index is 1.47. The number of hydrogen-bond acceptors (Lipinski definition) is 5. The molecule has 1 amide bonds. The van der Waals surface area contributed by atoms with Gasteiger partial charge in [-0.15, -0.1) is 11.3 Å². The van der Waals surface area contributed by atoms with Gasteiger partial charge in [-0.3, -0.25) is 9.69 Å². The molecule has 0 radical (unpaired) electrons. The highest BCUT2D eigenvalue weighted by atomic mass is 32.2. The van der Waals surface area contributed by atoms with Crippen molar-refractivity contribution in [2.24, 2.45) is 5.14 Å². The quantitative estimate of drug-likeness (QED) is 0.597. The molecule has 4 rings (SSSR count). The molecule has 0 spiro atoms. The van der Waals surface area contributed by atoms with Crippen LogP contribution in [-0.4, -0.2) is 32.3 Å². The largest absolute Gasteiger partial charge is 0.348 e. The fraction of sp³-hybridized carbons (Fsp3) is 0.261. The standard InChI is InChI=1S/C23H25N3O3S2/c1-16(17-7-9-19(10-8-17)31(24,28)29)25-22(27)15-26-13-11-21-20(12-14-30-21)23(26)18-5-3-2-4-6-18/h2-10,12,14,16,23H,11,13,15H2,1H3,(H,25,27)(H2,24,28,29). The van der Waals surface area contributed by atoms with Crippen molar-refractivity contribution < 1.29 is 13.2 Å². The number of nitrogens with two attached hydrogens (primary N) is 1. The summed E-state index contributed by atoms with van der Waals surface area (Å²) >= 11 is 1.78. The van der Waals surface area contributed by atoms with E-state index in [0.717, 1.165) is 18.5 Å². The number of hydrogen-bond donors (Lipinski definition) is 2. The molecule has 1 aliphatic rings. The molecule has 2 atom stereocenters. The third kappa shape index (κ3) is 4.88. The number of carbonyl (C=O) groups excluding carboxylic acids is 1. The maximum Gasteiger partial charge on any atom is 0.238 e. The maximum atomic E-state index is 12.9. The average Bonchev–Trinajstić information content (AvgIpc) is 3.22. The highest BCUT2D eigenvalue weighted by molar-refractivity contribution is 7.89. The van der Waals surface area contributed by atoms with E-state index in [1.165, 1.54) is 28.1 Å². The highest BCUT2D eigenvalue weighted by Crippen LogP contribution is 2.37. The monoisotopic (exact) mass is 455 g/mol. The lowest BCUT2D eigenvalue weighted by molar-refractivity contribution is -0.123. The van der Waals surface area contributed by atoms with Crippen LogP contribution in [-0.2, 0) is 21.2 Å². The summed E-state index contributed by atoms with van der Waals surface area (Å²) in [6.07, 6.45) is 0.939. The molecule has 8 heteroatoms. The van der Waals surface area contributed by atoms with Crippen molar-refractivity contribution in [2.75, 3.05) is 13.1 Å². The van der Waals surface area contributed by atoms with Crippen molar-refractivity contribution in [3.8, 4) is 0 Å². The Labute approximate surface area is 186 Å². The topological polar surface area (TPSA) is 92.5 Å². The highest BCUT2D eigenvalue weighted by Gasteiger charge is 2.30. The van der Waals surface area contributed by atoms with Gasteiger partial charge in [0.25, 0.3) is 0 Å². The van der Waals surface area contributed by atoms with Gasteiger partial charge in [0.05, 0.1) is 23.5 Å². The van der Waals surface area contributed by atoms with Gasteiger partial charge in [-0.2, -0.15) is 0 Å². The van der Waals surface area contributed by atoms with E-state index in [2.05, 4.69) is 33.8 Å². The van der Waals surface area contributed by atoms with E-state index in [-0.39, 0.29) is 29.4 Å². The van der Waals surface area contributed by atoms with Crippen molar-refractivity contribution in [3.63, 3.8) is 0 Å². The van der Waals surface area contributed by atoms with Gasteiger partial charge in [0.1, 0.15) is 0 Å². The summed E-state index contributed by atoms with van der Waals surface area (Å²) in [6, 6.07) is 18.5. The van der Waals surface area contributed by atoms with E-state index >= 15 is 0 Å². The number of nitrogens with one attached hydrogen (secondary N) is 1. The molecule has 2 aromatic carbocycles. The number of thiophene rings is 1. The first-order valence-electron chi connectivity index (χ1n) is 10.1. The molecule has 1 aromatic heterocycles. The van der Waals surface area contributed by atoms with Crippen LogP contribution in [0.1, 0.15) is 40.6 Å². The third-order valence-corrected chi connectivity index (χ3v) is 7.54. The van der Waals surface area contributed by atoms with Crippen LogP contribution in [0.5, 0.6) is 0 Å². The molecule has 0 bridgehead atoms. The van der Waals surface area contributed by atoms with Crippen LogP contribution in [0.4, 0.5) is 0 Å². The van der Waals surface area contributed by atoms with Gasteiger partial charge in [-0.1, -0.05) is 42.5 Å². The number of rotatable bonds is 6. The van der Waals surface area contributed by atoms with Gasteiger partial charge in [-0.05, 0) is 53.6 Å². The molecule has 0 fully saturated rings. The molecule has 2 heterocycles. The van der Waals surface area contributed by atoms with Crippen LogP contribution >= 0.6 is 11.3 Å². The van der Waals surface area contributed by atoms with Crippen LogP contribution in [0.15, 0.2) is 70.9 Å². The van der Waals surface area contributed by atoms with Gasteiger partial charge in [0.2, 0.25) is 15.9 Å². The molecule has 6 nitrogen and oxygen atoms in total. The lowest BCUT2D eigenvalue weighted by Gasteiger charge is -2.36. The second-order valence-corrected chi connectivity index (χ2v) is 10.3. The van der Waals surface area contributed by atoms with Crippen molar-refractivity contribution in [1.29, 1.82) is 0 Å². The lowest BCUT2D eigenvalue weighted by atomic mass is 9.93. The van der Waals surface area contributed by atoms with Gasteiger partial charge in [-0.25, -0.2) is 13.6 Å². The zero-order valence-corrected chi connectivity index (χ0v) is 18.8. The molecule has 3 aromatic rings. The zero-order valence-electron chi connectivity index (χ0n) is 17.2. The lowest BCUT2D eigenvalue weighted by Crippen LogP contribution is -2.43. The number of benzene rings is 2. The minimum absolute atomic E-state index is 0.0559. The average molecular weight is 456 g/mol. The van der Waals surface area contributed by atoms with E-state index in [4.69, 9.17) is 5.14 Å². The first-order valence-corrected chi connectivity index (χ1v) is 12.5. The Morgan fingerprint density at radius 3 is 2.55 bits per heavy atom. The van der Waals surface area contributed by atoms with Crippen molar-refractivity contribution >= 4 is 27.3 Å². The van der Waals surface area contributed by atoms with E-state index in [9.17, 15) is 13.2 Å². The van der Waals surface area contributed by atoms with E-state index in [1.807, 2.05) is 25.1 Å². The maximum absolute atomic E-state index is 12.9. The second-order valence-electron chi connectivity index (χ2n) is 7.74. The number of nitrogens with zero attached hydrogens (tertiary/aromatic N) is 1. The van der Waals surface area contributed by atoms with Crippen LogP contribution < -0.4 is 10.5 Å². The van der Waals surface area contributed by atoms with Crippen LogP contribution in [0.3, 0.4) is 0 Å². The molecule has 0 aliphatic carbocycles. The summed E-state index contributed by atoms with van der Waals surface area (Å²) in [5.74, 6) is -0.0670. The molecule has 0 saturated carbocycles. The molecular formula is C23H25N3O3S2. The minimum atomic E-state index is -3.73. The Kier molecular flexibility index (Phi) is 6.24. The van der Waals surface area contributed by atoms with Crippen LogP contribution in [0, 0.1) is 0 Å². The number of carbonyl (C=O) groups is 1. The molecular weight excluding hydrogens is 430 g/mol. The number of primary sulfonamides is 1. The molecule has 2 unspecified atom stereocenters. The molecule has 0 saturated heterocycles. The Hall–Kier alpha value is -2.52. The Morgan fingerprint density at radius 1 is 1.16 bits per heavy atom. The van der Waals surface area contributed by atoms with Crippen molar-refractivity contribution in [2.45, 2.75) is 30.3 Å². The summed E-state index contributed by atoms with van der Waals surface area (Å²) in [7, 11) is -3.73. The SMILES string of the molecule is CC(NC(=O)CN1CCc2sccc2C1c1ccccc1)c1ccc(S(N)(=O)=O)cc1. The minimum Gasteiger partial charge on any atom is -0.348 e. The van der Waals surface area contributed by atoms with E-state index in [0.29, 0.717) is 0 Å². The van der Waals surface area contributed by atoms with E-state index < -0.39 is 10.0 Å². The summed E-state index contributed by atoms with van der Waals surface area (Å²) in [4.78, 5) is 16.5. The van der Waals surface area contributed by atoms with E-state index in [1.54, 1.807) is 23.5 Å². The second kappa shape index (κ2) is 8.92. The summed E-state index contributed by atoms with van der Waals surface area (Å²) in [5, 5.41) is 10.3. The molecule has 1 aliphatic heterocycles. The van der Waals surface area contributed by atoms with Gasteiger partial charge < -0.3 is 5.32 Å². The predicted octanol–water partition coefficient (Wildman–Crippen LogP) is 3.22. The van der Waals surface area contributed by atoms with Crippen LogP contribution in [0.25, 0.3) is 0 Å².